The van der Waals surface area contributed by atoms with E-state index in [-0.39, 0.29) is 11.8 Å². The van der Waals surface area contributed by atoms with Crippen molar-refractivity contribution in [2.75, 3.05) is 12.4 Å². The molecule has 0 radical (unpaired) electrons. The molecule has 3 N–H and O–H groups in total. The zero-order valence-corrected chi connectivity index (χ0v) is 11.3. The molecule has 0 bridgehead atoms. The lowest BCUT2D eigenvalue weighted by molar-refractivity contribution is 0.101. The Morgan fingerprint density at radius 1 is 1.37 bits per heavy atom. The van der Waals surface area contributed by atoms with Crippen molar-refractivity contribution in [1.29, 1.82) is 0 Å². The number of benzene rings is 1. The van der Waals surface area contributed by atoms with Gasteiger partial charge in [-0.25, -0.2) is 0 Å². The van der Waals surface area contributed by atoms with Gasteiger partial charge >= 0.3 is 0 Å². The number of nitrogens with two attached hydrogens (primary N) is 1. The second-order valence-corrected chi connectivity index (χ2v) is 4.63. The maximum absolute atomic E-state index is 11.2. The van der Waals surface area contributed by atoms with E-state index in [0.717, 1.165) is 11.5 Å². The Bertz CT molecular complexity index is 545. The number of carbonyl (C=O) groups excluding carboxylic acids is 1. The monoisotopic (exact) mass is 258 g/mol. The molecule has 5 nitrogen and oxygen atoms in total. The average Bonchev–Trinajstić information content (AvgIpc) is 2.36. The summed E-state index contributed by atoms with van der Waals surface area (Å²) in [6.07, 6.45) is 2.00. The summed E-state index contributed by atoms with van der Waals surface area (Å²) in [7, 11) is 1.90. The quantitative estimate of drug-likeness (QED) is 0.811. The Labute approximate surface area is 112 Å². The van der Waals surface area contributed by atoms with Crippen molar-refractivity contribution >= 4 is 17.4 Å². The van der Waals surface area contributed by atoms with Gasteiger partial charge in [-0.1, -0.05) is 0 Å². The third kappa shape index (κ3) is 2.93. The van der Waals surface area contributed by atoms with E-state index in [1.807, 2.05) is 37.1 Å². The largest absolute Gasteiger partial charge is 0.369 e. The first-order chi connectivity index (χ1) is 8.97. The van der Waals surface area contributed by atoms with Gasteiger partial charge in [-0.15, -0.1) is 0 Å². The number of guanidine groups is 1. The van der Waals surface area contributed by atoms with Crippen LogP contribution in [0, 0.1) is 0 Å². The fraction of sp³-hybridized carbons (Fsp3) is 0.286. The number of likely N-dealkylation sites (N-methyl/N-ethyl adjacent to an activating group) is 1. The Balaban J connectivity index is 2.14. The maximum atomic E-state index is 11.2. The highest BCUT2D eigenvalue weighted by Crippen LogP contribution is 2.16. The first kappa shape index (κ1) is 13.1. The zero-order chi connectivity index (χ0) is 14.0. The number of nitrogens with zero attached hydrogens (tertiary/aromatic N) is 2. The smallest absolute Gasteiger partial charge is 0.198 e. The van der Waals surface area contributed by atoms with E-state index < -0.39 is 0 Å². The lowest BCUT2D eigenvalue weighted by atomic mass is 10.1. The fourth-order valence-electron chi connectivity index (χ4n) is 1.79. The predicted octanol–water partition coefficient (Wildman–Crippen LogP) is 1.79. The van der Waals surface area contributed by atoms with E-state index in [0.29, 0.717) is 11.5 Å². The van der Waals surface area contributed by atoms with Crippen molar-refractivity contribution in [2.45, 2.75) is 19.9 Å². The minimum absolute atomic E-state index is 0.0564. The molecular weight excluding hydrogens is 240 g/mol. The van der Waals surface area contributed by atoms with Gasteiger partial charge in [0.05, 0.1) is 6.04 Å². The number of anilines is 1. The van der Waals surface area contributed by atoms with Crippen LogP contribution in [0.25, 0.3) is 0 Å². The zero-order valence-electron chi connectivity index (χ0n) is 11.3. The molecule has 0 spiro atoms. The van der Waals surface area contributed by atoms with E-state index in [4.69, 9.17) is 5.73 Å². The molecule has 0 aliphatic carbocycles. The van der Waals surface area contributed by atoms with Crippen LogP contribution in [0.2, 0.25) is 0 Å². The molecular formula is C14H18N4O. The van der Waals surface area contributed by atoms with E-state index in [1.54, 1.807) is 19.1 Å². The number of ketones is 1. The van der Waals surface area contributed by atoms with Gasteiger partial charge in [0.2, 0.25) is 0 Å². The molecule has 1 atom stereocenters. The number of aliphatic imine (C=N–C) groups is 1. The minimum atomic E-state index is 0.0564. The highest BCUT2D eigenvalue weighted by atomic mass is 16.1. The van der Waals surface area contributed by atoms with E-state index in [9.17, 15) is 4.79 Å². The standard InChI is InChI=1S/C14H18N4O/c1-9-8-13(17-14(15)18(9)3)16-12-6-4-11(5-7-12)10(2)19/h4-9,16H,1-3H3,(H2,15,17). The topological polar surface area (TPSA) is 70.7 Å². The second kappa shape index (κ2) is 5.14. The summed E-state index contributed by atoms with van der Waals surface area (Å²) in [5.74, 6) is 1.26. The molecule has 1 unspecified atom stereocenters. The summed E-state index contributed by atoms with van der Waals surface area (Å²) in [6, 6.07) is 7.47. The third-order valence-electron chi connectivity index (χ3n) is 3.17. The van der Waals surface area contributed by atoms with Crippen molar-refractivity contribution in [3.05, 3.63) is 41.7 Å². The molecule has 2 rings (SSSR count). The molecule has 100 valence electrons. The summed E-state index contributed by atoms with van der Waals surface area (Å²) in [5.41, 5.74) is 7.40. The van der Waals surface area contributed by atoms with Gasteiger partial charge in [-0.05, 0) is 44.2 Å². The molecule has 1 heterocycles. The van der Waals surface area contributed by atoms with E-state index in [2.05, 4.69) is 10.3 Å². The Hall–Kier alpha value is -2.30. The summed E-state index contributed by atoms with van der Waals surface area (Å²) < 4.78 is 0. The molecule has 0 saturated heterocycles. The van der Waals surface area contributed by atoms with Gasteiger partial charge in [0.15, 0.2) is 11.7 Å². The van der Waals surface area contributed by atoms with Crippen LogP contribution in [0.1, 0.15) is 24.2 Å². The SMILES string of the molecule is CC(=O)c1ccc(NC2=CC(C)N(C)C(N)=N2)cc1. The van der Waals surface area contributed by atoms with Gasteiger partial charge in [0, 0.05) is 18.3 Å². The van der Waals surface area contributed by atoms with Crippen LogP contribution in [0.5, 0.6) is 0 Å². The Morgan fingerprint density at radius 3 is 2.53 bits per heavy atom. The number of hydrogen-bond donors (Lipinski definition) is 2. The number of Topliss-reactive ketones (excluding diaryl/α,β-unsaturated/α-hetero) is 1. The molecule has 0 amide bonds. The summed E-state index contributed by atoms with van der Waals surface area (Å²) in [6.45, 7) is 3.59. The molecule has 19 heavy (non-hydrogen) atoms. The molecule has 1 aliphatic rings. The van der Waals surface area contributed by atoms with Crippen LogP contribution in [0.15, 0.2) is 41.2 Å². The van der Waals surface area contributed by atoms with Crippen LogP contribution < -0.4 is 11.1 Å². The normalized spacial score (nSPS) is 18.7. The minimum Gasteiger partial charge on any atom is -0.369 e. The fourth-order valence-corrected chi connectivity index (χ4v) is 1.79. The van der Waals surface area contributed by atoms with Crippen molar-refractivity contribution in [1.82, 2.24) is 4.90 Å². The maximum Gasteiger partial charge on any atom is 0.198 e. The van der Waals surface area contributed by atoms with Crippen molar-refractivity contribution < 1.29 is 4.79 Å². The third-order valence-corrected chi connectivity index (χ3v) is 3.17. The van der Waals surface area contributed by atoms with Crippen molar-refractivity contribution in [3.63, 3.8) is 0 Å². The number of rotatable bonds is 3. The Kier molecular flexibility index (Phi) is 3.55. The molecule has 0 saturated carbocycles. The van der Waals surface area contributed by atoms with Crippen LogP contribution in [-0.2, 0) is 0 Å². The molecule has 0 fully saturated rings. The van der Waals surface area contributed by atoms with Crippen LogP contribution >= 0.6 is 0 Å². The van der Waals surface area contributed by atoms with Crippen molar-refractivity contribution in [3.8, 4) is 0 Å². The van der Waals surface area contributed by atoms with Gasteiger partial charge < -0.3 is 16.0 Å². The van der Waals surface area contributed by atoms with E-state index >= 15 is 0 Å². The van der Waals surface area contributed by atoms with Crippen LogP contribution in [0.3, 0.4) is 0 Å². The number of nitrogens with one attached hydrogen (secondary N) is 1. The van der Waals surface area contributed by atoms with Gasteiger partial charge in [0.1, 0.15) is 5.82 Å². The number of hydrogen-bond acceptors (Lipinski definition) is 5. The highest BCUT2D eigenvalue weighted by molar-refractivity contribution is 5.94. The second-order valence-electron chi connectivity index (χ2n) is 4.63. The molecule has 1 aliphatic heterocycles. The van der Waals surface area contributed by atoms with Crippen LogP contribution in [0.4, 0.5) is 5.69 Å². The Morgan fingerprint density at radius 2 is 2.00 bits per heavy atom. The lowest BCUT2D eigenvalue weighted by Crippen LogP contribution is -2.42. The average molecular weight is 258 g/mol. The first-order valence-electron chi connectivity index (χ1n) is 6.14. The van der Waals surface area contributed by atoms with E-state index in [1.165, 1.54) is 0 Å². The van der Waals surface area contributed by atoms with Gasteiger partial charge in [0.25, 0.3) is 0 Å². The molecule has 0 aromatic heterocycles. The van der Waals surface area contributed by atoms with Gasteiger partial charge in [-0.2, -0.15) is 4.99 Å². The molecule has 5 heteroatoms. The summed E-state index contributed by atoms with van der Waals surface area (Å²) in [5, 5.41) is 3.18. The molecule has 1 aromatic rings. The predicted molar refractivity (Wildman–Crippen MR) is 77.0 cm³/mol. The van der Waals surface area contributed by atoms with Crippen molar-refractivity contribution in [2.24, 2.45) is 10.7 Å². The molecule has 1 aromatic carbocycles. The summed E-state index contributed by atoms with van der Waals surface area (Å²) >= 11 is 0. The highest BCUT2D eigenvalue weighted by Gasteiger charge is 2.15. The summed E-state index contributed by atoms with van der Waals surface area (Å²) in [4.78, 5) is 17.4. The van der Waals surface area contributed by atoms with Crippen LogP contribution in [-0.4, -0.2) is 29.7 Å². The number of carbonyl (C=O) groups is 1. The first-order valence-corrected chi connectivity index (χ1v) is 6.14. The van der Waals surface area contributed by atoms with Gasteiger partial charge in [-0.3, -0.25) is 4.79 Å². The lowest BCUT2D eigenvalue weighted by Gasteiger charge is -2.27.